The van der Waals surface area contributed by atoms with Gasteiger partial charge >= 0.3 is 0 Å². The number of hydrogen-bond donors (Lipinski definition) is 0. The molecular formula is C24H22F2N6O3. The first kappa shape index (κ1) is 21.8. The molecule has 9 nitrogen and oxygen atoms in total. The number of fused-ring (bicyclic) bond motifs is 2. The number of halogens is 2. The molecule has 5 heterocycles. The molecule has 0 bridgehead atoms. The van der Waals surface area contributed by atoms with Crippen LogP contribution >= 0.6 is 0 Å². The Bertz CT molecular complexity index is 1500. The van der Waals surface area contributed by atoms with Gasteiger partial charge in [0.05, 0.1) is 31.3 Å². The Kier molecular flexibility index (Phi) is 5.30. The van der Waals surface area contributed by atoms with Crippen LogP contribution in [0.4, 0.5) is 14.6 Å². The second-order valence-electron chi connectivity index (χ2n) is 8.64. The standard InChI is InChI=1S/C24H22F2N6O3/c1-30-11-14(10-27-30)19-12-31(4-7-35-19)20-9-17-23(29-21-13-34-6-5-32(21)24(17)33)22(28-20)16-3-2-15(25)8-18(16)26/h2-3,8-11,19H,4-7,12-13H2,1H3/t19-/m1/s1. The molecule has 35 heavy (non-hydrogen) atoms. The van der Waals surface area contributed by atoms with Crippen LogP contribution in [0.2, 0.25) is 0 Å². The molecule has 1 fully saturated rings. The summed E-state index contributed by atoms with van der Waals surface area (Å²) in [5, 5.41) is 4.54. The molecule has 11 heteroatoms. The summed E-state index contributed by atoms with van der Waals surface area (Å²) in [6.07, 6.45) is 3.42. The number of aromatic nitrogens is 5. The van der Waals surface area contributed by atoms with Crippen LogP contribution in [-0.2, 0) is 29.7 Å². The van der Waals surface area contributed by atoms with Crippen LogP contribution in [0, 0.1) is 11.6 Å². The quantitative estimate of drug-likeness (QED) is 0.446. The SMILES string of the molecule is Cn1cc([C@H]2CN(c3cc4c(=O)n5c(nc4c(-c4ccc(F)cc4F)n3)COCC5)CCO2)cn1. The Labute approximate surface area is 198 Å². The molecule has 1 atom stereocenters. The Morgan fingerprint density at radius 3 is 2.80 bits per heavy atom. The number of nitrogens with zero attached hydrogens (tertiary/aromatic N) is 6. The molecule has 0 N–H and O–H groups in total. The van der Waals surface area contributed by atoms with Gasteiger partial charge in [-0.05, 0) is 18.2 Å². The van der Waals surface area contributed by atoms with Gasteiger partial charge in [-0.2, -0.15) is 5.10 Å². The lowest BCUT2D eigenvalue weighted by Crippen LogP contribution is -2.39. The molecule has 3 aromatic heterocycles. The summed E-state index contributed by atoms with van der Waals surface area (Å²) in [6.45, 7) is 2.42. The second-order valence-corrected chi connectivity index (χ2v) is 8.64. The van der Waals surface area contributed by atoms with Gasteiger partial charge in [0.1, 0.15) is 47.2 Å². The fourth-order valence-electron chi connectivity index (χ4n) is 4.61. The van der Waals surface area contributed by atoms with Crippen molar-refractivity contribution in [2.24, 2.45) is 7.05 Å². The first-order chi connectivity index (χ1) is 17.0. The van der Waals surface area contributed by atoms with Gasteiger partial charge in [0, 0.05) is 43.5 Å². The van der Waals surface area contributed by atoms with Gasteiger partial charge in [0.15, 0.2) is 0 Å². The van der Waals surface area contributed by atoms with Gasteiger partial charge < -0.3 is 14.4 Å². The van der Waals surface area contributed by atoms with Gasteiger partial charge in [0.2, 0.25) is 0 Å². The highest BCUT2D eigenvalue weighted by Gasteiger charge is 2.27. The average molecular weight is 480 g/mol. The number of benzene rings is 1. The molecule has 0 amide bonds. The van der Waals surface area contributed by atoms with E-state index in [-0.39, 0.29) is 35.0 Å². The summed E-state index contributed by atoms with van der Waals surface area (Å²) in [6, 6.07) is 4.99. The molecular weight excluding hydrogens is 458 g/mol. The Balaban J connectivity index is 1.52. The predicted molar refractivity (Wildman–Crippen MR) is 123 cm³/mol. The van der Waals surface area contributed by atoms with E-state index in [4.69, 9.17) is 14.5 Å². The molecule has 0 unspecified atom stereocenters. The maximum absolute atomic E-state index is 14.9. The van der Waals surface area contributed by atoms with Crippen molar-refractivity contribution >= 4 is 16.7 Å². The van der Waals surface area contributed by atoms with Crippen LogP contribution in [-0.4, -0.2) is 50.6 Å². The topological polar surface area (TPSA) is 87.3 Å². The molecule has 0 saturated carbocycles. The van der Waals surface area contributed by atoms with Crippen molar-refractivity contribution in [3.8, 4) is 11.3 Å². The van der Waals surface area contributed by atoms with E-state index in [0.29, 0.717) is 49.9 Å². The Morgan fingerprint density at radius 1 is 1.11 bits per heavy atom. The summed E-state index contributed by atoms with van der Waals surface area (Å²) < 4.78 is 43.3. The van der Waals surface area contributed by atoms with Crippen molar-refractivity contribution in [2.45, 2.75) is 19.3 Å². The molecule has 2 aliphatic rings. The van der Waals surface area contributed by atoms with Crippen molar-refractivity contribution in [3.63, 3.8) is 0 Å². The minimum atomic E-state index is -0.776. The first-order valence-corrected chi connectivity index (χ1v) is 11.3. The normalized spacial score (nSPS) is 18.1. The number of aryl methyl sites for hydroxylation is 1. The van der Waals surface area contributed by atoms with Gasteiger partial charge in [-0.3, -0.25) is 14.0 Å². The molecule has 1 saturated heterocycles. The maximum atomic E-state index is 14.9. The molecule has 180 valence electrons. The smallest absolute Gasteiger partial charge is 0.261 e. The Hall–Kier alpha value is -3.70. The highest BCUT2D eigenvalue weighted by atomic mass is 19.1. The molecule has 6 rings (SSSR count). The first-order valence-electron chi connectivity index (χ1n) is 11.3. The number of morpholine rings is 1. The zero-order valence-corrected chi connectivity index (χ0v) is 18.9. The van der Waals surface area contributed by atoms with Crippen LogP contribution in [0.1, 0.15) is 17.5 Å². The molecule has 0 radical (unpaired) electrons. The number of pyridine rings is 1. The van der Waals surface area contributed by atoms with Crippen LogP contribution in [0.25, 0.3) is 22.2 Å². The highest BCUT2D eigenvalue weighted by molar-refractivity contribution is 5.93. The lowest BCUT2D eigenvalue weighted by molar-refractivity contribution is 0.0395. The van der Waals surface area contributed by atoms with Crippen LogP contribution in [0.5, 0.6) is 0 Å². The lowest BCUT2D eigenvalue weighted by atomic mass is 10.1. The monoisotopic (exact) mass is 480 g/mol. The zero-order valence-electron chi connectivity index (χ0n) is 18.9. The fourth-order valence-corrected chi connectivity index (χ4v) is 4.61. The second kappa shape index (κ2) is 8.51. The highest BCUT2D eigenvalue weighted by Crippen LogP contribution is 2.32. The largest absolute Gasteiger partial charge is 0.372 e. The maximum Gasteiger partial charge on any atom is 0.261 e. The van der Waals surface area contributed by atoms with Gasteiger partial charge in [-0.25, -0.2) is 18.7 Å². The number of ether oxygens (including phenoxy) is 2. The van der Waals surface area contributed by atoms with Crippen LogP contribution in [0.3, 0.4) is 0 Å². The molecule has 1 aromatic carbocycles. The third-order valence-electron chi connectivity index (χ3n) is 6.37. The van der Waals surface area contributed by atoms with E-state index in [0.717, 1.165) is 11.6 Å². The van der Waals surface area contributed by atoms with Gasteiger partial charge in [-0.1, -0.05) is 0 Å². The van der Waals surface area contributed by atoms with E-state index in [1.54, 1.807) is 21.5 Å². The van der Waals surface area contributed by atoms with Crippen molar-refractivity contribution in [1.82, 2.24) is 24.3 Å². The van der Waals surface area contributed by atoms with Crippen molar-refractivity contribution < 1.29 is 18.3 Å². The van der Waals surface area contributed by atoms with E-state index < -0.39 is 11.6 Å². The van der Waals surface area contributed by atoms with Crippen LogP contribution in [0.15, 0.2) is 41.5 Å². The van der Waals surface area contributed by atoms with E-state index in [1.807, 2.05) is 18.1 Å². The van der Waals surface area contributed by atoms with E-state index in [1.165, 1.54) is 12.1 Å². The minimum Gasteiger partial charge on any atom is -0.372 e. The van der Waals surface area contributed by atoms with Crippen molar-refractivity contribution in [2.75, 3.05) is 31.2 Å². The third-order valence-corrected chi connectivity index (χ3v) is 6.37. The van der Waals surface area contributed by atoms with E-state index >= 15 is 0 Å². The van der Waals surface area contributed by atoms with E-state index in [2.05, 4.69) is 10.1 Å². The summed E-state index contributed by atoms with van der Waals surface area (Å²) in [7, 11) is 1.84. The third kappa shape index (κ3) is 3.86. The molecule has 0 spiro atoms. The molecule has 4 aromatic rings. The van der Waals surface area contributed by atoms with Crippen molar-refractivity contribution in [1.29, 1.82) is 0 Å². The molecule has 2 aliphatic heterocycles. The lowest BCUT2D eigenvalue weighted by Gasteiger charge is -2.33. The number of anilines is 1. The summed E-state index contributed by atoms with van der Waals surface area (Å²) in [5.41, 5.74) is 1.21. The van der Waals surface area contributed by atoms with Gasteiger partial charge in [0.25, 0.3) is 5.56 Å². The van der Waals surface area contributed by atoms with Gasteiger partial charge in [-0.15, -0.1) is 0 Å². The number of rotatable bonds is 3. The summed E-state index contributed by atoms with van der Waals surface area (Å²) in [5.74, 6) is -0.518. The fraction of sp³-hybridized carbons (Fsp3) is 0.333. The Morgan fingerprint density at radius 2 is 2.00 bits per heavy atom. The number of hydrogen-bond acceptors (Lipinski definition) is 7. The molecule has 0 aliphatic carbocycles. The van der Waals surface area contributed by atoms with Crippen LogP contribution < -0.4 is 10.5 Å². The average Bonchev–Trinajstić information content (AvgIpc) is 3.30. The van der Waals surface area contributed by atoms with Crippen molar-refractivity contribution in [3.05, 3.63) is 70.0 Å². The minimum absolute atomic E-state index is 0.0731. The zero-order chi connectivity index (χ0) is 24.1. The predicted octanol–water partition coefficient (Wildman–Crippen LogP) is 2.58. The summed E-state index contributed by atoms with van der Waals surface area (Å²) in [4.78, 5) is 24.8. The van der Waals surface area contributed by atoms with E-state index in [9.17, 15) is 13.6 Å². The summed E-state index contributed by atoms with van der Waals surface area (Å²) >= 11 is 0.